The maximum atomic E-state index is 11.5. The Morgan fingerprint density at radius 2 is 2.18 bits per heavy atom. The second kappa shape index (κ2) is 4.61. The van der Waals surface area contributed by atoms with Crippen molar-refractivity contribution in [1.29, 1.82) is 0 Å². The number of carboxylic acid groups (broad SMARTS) is 1. The van der Waals surface area contributed by atoms with Crippen molar-refractivity contribution in [3.05, 3.63) is 23.8 Å². The van der Waals surface area contributed by atoms with Crippen molar-refractivity contribution >= 4 is 17.7 Å². The number of thioether (sulfide) groups is 1. The van der Waals surface area contributed by atoms with E-state index < -0.39 is 11.4 Å². The van der Waals surface area contributed by atoms with Crippen LogP contribution in [0.15, 0.2) is 23.1 Å². The van der Waals surface area contributed by atoms with E-state index in [4.69, 9.17) is 4.74 Å². The molecule has 1 aromatic carbocycles. The smallest absolute Gasteiger partial charge is 0.314 e. The predicted octanol–water partition coefficient (Wildman–Crippen LogP) is 2.92. The van der Waals surface area contributed by atoms with E-state index in [-0.39, 0.29) is 0 Å². The summed E-state index contributed by atoms with van der Waals surface area (Å²) in [5.41, 5.74) is 0.0995. The molecule has 0 unspecified atom stereocenters. The van der Waals surface area contributed by atoms with Gasteiger partial charge >= 0.3 is 5.97 Å². The third kappa shape index (κ3) is 1.80. The lowest BCUT2D eigenvalue weighted by atomic mass is 9.64. The quantitative estimate of drug-likeness (QED) is 0.837. The molecule has 17 heavy (non-hydrogen) atoms. The maximum absolute atomic E-state index is 11.5. The highest BCUT2D eigenvalue weighted by Crippen LogP contribution is 2.49. The van der Waals surface area contributed by atoms with Crippen molar-refractivity contribution in [1.82, 2.24) is 0 Å². The molecule has 0 aliphatic heterocycles. The number of hydrogen-bond donors (Lipinski definition) is 1. The number of carbonyl (C=O) groups is 1. The molecular weight excluding hydrogens is 236 g/mol. The molecule has 1 aliphatic rings. The van der Waals surface area contributed by atoms with Gasteiger partial charge in [0.15, 0.2) is 0 Å². The molecule has 1 aliphatic carbocycles. The van der Waals surface area contributed by atoms with Crippen LogP contribution in [0, 0.1) is 0 Å². The van der Waals surface area contributed by atoms with Crippen LogP contribution in [0.2, 0.25) is 0 Å². The van der Waals surface area contributed by atoms with Gasteiger partial charge in [0.25, 0.3) is 0 Å². The van der Waals surface area contributed by atoms with Gasteiger partial charge in [0, 0.05) is 10.5 Å². The van der Waals surface area contributed by atoms with Gasteiger partial charge in [0.05, 0.1) is 12.5 Å². The molecule has 0 amide bonds. The van der Waals surface area contributed by atoms with Crippen molar-refractivity contribution in [2.24, 2.45) is 0 Å². The normalized spacial score (nSPS) is 17.3. The molecule has 1 aromatic rings. The van der Waals surface area contributed by atoms with Gasteiger partial charge in [0.1, 0.15) is 5.75 Å². The van der Waals surface area contributed by atoms with Crippen LogP contribution < -0.4 is 4.74 Å². The fraction of sp³-hybridized carbons (Fsp3) is 0.462. The standard InChI is InChI=1S/C13H16O3S/c1-16-11-9(5-3-6-10(11)17-2)13(12(14)15)7-4-8-13/h3,5-6H,4,7-8H2,1-2H3,(H,14,15). The molecule has 0 spiro atoms. The molecule has 1 N–H and O–H groups in total. The predicted molar refractivity (Wildman–Crippen MR) is 67.9 cm³/mol. The minimum atomic E-state index is -0.736. The zero-order valence-corrected chi connectivity index (χ0v) is 10.8. The van der Waals surface area contributed by atoms with E-state index in [1.807, 2.05) is 24.5 Å². The third-order valence-electron chi connectivity index (χ3n) is 3.54. The Morgan fingerprint density at radius 1 is 1.47 bits per heavy atom. The van der Waals surface area contributed by atoms with Crippen LogP contribution >= 0.6 is 11.8 Å². The Hall–Kier alpha value is -1.16. The molecule has 3 nitrogen and oxygen atoms in total. The summed E-state index contributed by atoms with van der Waals surface area (Å²) in [4.78, 5) is 12.5. The summed E-state index contributed by atoms with van der Waals surface area (Å²) in [5.74, 6) is -0.0117. The topological polar surface area (TPSA) is 46.5 Å². The molecule has 1 saturated carbocycles. The average molecular weight is 252 g/mol. The van der Waals surface area contributed by atoms with Crippen molar-refractivity contribution in [2.75, 3.05) is 13.4 Å². The highest BCUT2D eigenvalue weighted by molar-refractivity contribution is 7.98. The number of ether oxygens (including phenoxy) is 1. The van der Waals surface area contributed by atoms with E-state index >= 15 is 0 Å². The first-order valence-electron chi connectivity index (χ1n) is 5.60. The van der Waals surface area contributed by atoms with E-state index in [2.05, 4.69) is 0 Å². The number of hydrogen-bond acceptors (Lipinski definition) is 3. The van der Waals surface area contributed by atoms with Crippen LogP contribution in [-0.2, 0) is 10.2 Å². The van der Waals surface area contributed by atoms with Crippen molar-refractivity contribution in [3.63, 3.8) is 0 Å². The zero-order chi connectivity index (χ0) is 12.5. The second-order valence-electron chi connectivity index (χ2n) is 4.28. The van der Waals surface area contributed by atoms with Gasteiger partial charge in [0.2, 0.25) is 0 Å². The monoisotopic (exact) mass is 252 g/mol. The summed E-state index contributed by atoms with van der Waals surface area (Å²) in [6.45, 7) is 0. The van der Waals surface area contributed by atoms with E-state index in [1.165, 1.54) is 0 Å². The lowest BCUT2D eigenvalue weighted by Crippen LogP contribution is -2.42. The Kier molecular flexibility index (Phi) is 3.33. The summed E-state index contributed by atoms with van der Waals surface area (Å²) in [7, 11) is 1.60. The lowest BCUT2D eigenvalue weighted by Gasteiger charge is -2.39. The Balaban J connectivity index is 2.54. The molecule has 0 saturated heterocycles. The number of para-hydroxylation sites is 1. The third-order valence-corrected chi connectivity index (χ3v) is 4.30. The van der Waals surface area contributed by atoms with E-state index in [0.717, 1.165) is 22.6 Å². The van der Waals surface area contributed by atoms with Gasteiger partial charge in [-0.15, -0.1) is 11.8 Å². The highest BCUT2D eigenvalue weighted by atomic mass is 32.2. The van der Waals surface area contributed by atoms with Gasteiger partial charge in [-0.2, -0.15) is 0 Å². The first-order chi connectivity index (χ1) is 8.15. The van der Waals surface area contributed by atoms with Gasteiger partial charge in [-0.25, -0.2) is 0 Å². The molecular formula is C13H16O3S. The fourth-order valence-corrected chi connectivity index (χ4v) is 2.99. The Labute approximate surface area is 105 Å². The Morgan fingerprint density at radius 3 is 2.59 bits per heavy atom. The van der Waals surface area contributed by atoms with E-state index in [1.54, 1.807) is 18.9 Å². The molecule has 0 radical (unpaired) electrons. The van der Waals surface area contributed by atoms with Crippen LogP contribution in [0.4, 0.5) is 0 Å². The van der Waals surface area contributed by atoms with Crippen molar-refractivity contribution in [2.45, 2.75) is 29.6 Å². The molecule has 0 heterocycles. The zero-order valence-electron chi connectivity index (χ0n) is 10.0. The van der Waals surface area contributed by atoms with Crippen LogP contribution in [-0.4, -0.2) is 24.4 Å². The van der Waals surface area contributed by atoms with Crippen LogP contribution in [0.5, 0.6) is 5.75 Å². The number of rotatable bonds is 4. The average Bonchev–Trinajstić information content (AvgIpc) is 2.26. The number of methoxy groups -OCH3 is 1. The SMILES string of the molecule is COc1c(SC)cccc1C1(C(=O)O)CCC1. The first kappa shape index (κ1) is 12.3. The van der Waals surface area contributed by atoms with E-state index in [0.29, 0.717) is 12.8 Å². The van der Waals surface area contributed by atoms with Crippen LogP contribution in [0.1, 0.15) is 24.8 Å². The van der Waals surface area contributed by atoms with E-state index in [9.17, 15) is 9.90 Å². The first-order valence-corrected chi connectivity index (χ1v) is 6.83. The van der Waals surface area contributed by atoms with Crippen molar-refractivity contribution < 1.29 is 14.6 Å². The van der Waals surface area contributed by atoms with Crippen molar-refractivity contribution in [3.8, 4) is 5.75 Å². The summed E-state index contributed by atoms with van der Waals surface area (Å²) in [6.07, 6.45) is 4.35. The minimum absolute atomic E-state index is 0.705. The molecule has 92 valence electrons. The summed E-state index contributed by atoms with van der Waals surface area (Å²) in [6, 6.07) is 5.75. The molecule has 0 atom stereocenters. The lowest BCUT2D eigenvalue weighted by molar-refractivity contribution is -0.147. The second-order valence-corrected chi connectivity index (χ2v) is 5.13. The minimum Gasteiger partial charge on any atom is -0.495 e. The molecule has 4 heteroatoms. The van der Waals surface area contributed by atoms with Crippen LogP contribution in [0.25, 0.3) is 0 Å². The summed E-state index contributed by atoms with van der Waals surface area (Å²) >= 11 is 1.58. The largest absolute Gasteiger partial charge is 0.495 e. The number of benzene rings is 1. The molecule has 0 bridgehead atoms. The number of aliphatic carboxylic acids is 1. The van der Waals surface area contributed by atoms with Gasteiger partial charge in [-0.05, 0) is 25.2 Å². The van der Waals surface area contributed by atoms with Gasteiger partial charge in [-0.1, -0.05) is 18.6 Å². The van der Waals surface area contributed by atoms with Crippen LogP contribution in [0.3, 0.4) is 0 Å². The summed E-state index contributed by atoms with van der Waals surface area (Å²) in [5, 5.41) is 9.46. The molecule has 2 rings (SSSR count). The fourth-order valence-electron chi connectivity index (χ4n) is 2.39. The van der Waals surface area contributed by atoms with Gasteiger partial charge in [-0.3, -0.25) is 4.79 Å². The summed E-state index contributed by atoms with van der Waals surface area (Å²) < 4.78 is 5.42. The Bertz CT molecular complexity index is 438. The molecule has 0 aromatic heterocycles. The highest BCUT2D eigenvalue weighted by Gasteiger charge is 2.47. The maximum Gasteiger partial charge on any atom is 0.314 e. The molecule has 1 fully saturated rings. The van der Waals surface area contributed by atoms with Gasteiger partial charge < -0.3 is 9.84 Å². The number of carboxylic acids is 1.